The van der Waals surface area contributed by atoms with Crippen LogP contribution in [0.25, 0.3) is 10.9 Å². The summed E-state index contributed by atoms with van der Waals surface area (Å²) in [4.78, 5) is 8.64. The van der Waals surface area contributed by atoms with Crippen LogP contribution < -0.4 is 10.5 Å². The average molecular weight is 269 g/mol. The predicted octanol–water partition coefficient (Wildman–Crippen LogP) is 3.12. The SMILES string of the molecule is CC=CCc1nc(N)nc2cc(OCC3CC3)ccc12. The molecule has 3 rings (SSSR count). The maximum Gasteiger partial charge on any atom is 0.220 e. The lowest BCUT2D eigenvalue weighted by atomic mass is 10.1. The number of aromatic nitrogens is 2. The van der Waals surface area contributed by atoms with E-state index in [4.69, 9.17) is 10.5 Å². The molecule has 0 atom stereocenters. The Morgan fingerprint density at radius 1 is 1.35 bits per heavy atom. The lowest BCUT2D eigenvalue weighted by Gasteiger charge is -2.08. The van der Waals surface area contributed by atoms with E-state index in [1.54, 1.807) is 0 Å². The zero-order valence-corrected chi connectivity index (χ0v) is 11.7. The summed E-state index contributed by atoms with van der Waals surface area (Å²) < 4.78 is 5.78. The molecule has 104 valence electrons. The second-order valence-electron chi connectivity index (χ2n) is 5.23. The molecule has 0 unspecified atom stereocenters. The van der Waals surface area contributed by atoms with Crippen molar-refractivity contribution in [1.29, 1.82) is 0 Å². The van der Waals surface area contributed by atoms with Crippen molar-refractivity contribution in [1.82, 2.24) is 9.97 Å². The lowest BCUT2D eigenvalue weighted by molar-refractivity contribution is 0.300. The molecule has 0 aliphatic heterocycles. The Bertz CT molecular complexity index is 647. The fourth-order valence-electron chi connectivity index (χ4n) is 2.17. The van der Waals surface area contributed by atoms with Gasteiger partial charge in [-0.1, -0.05) is 12.2 Å². The molecule has 0 amide bonds. The maximum atomic E-state index is 5.79. The molecular weight excluding hydrogens is 250 g/mol. The summed E-state index contributed by atoms with van der Waals surface area (Å²) in [5.74, 6) is 1.92. The molecule has 20 heavy (non-hydrogen) atoms. The van der Waals surface area contributed by atoms with E-state index in [0.717, 1.165) is 41.3 Å². The van der Waals surface area contributed by atoms with Crippen molar-refractivity contribution >= 4 is 16.9 Å². The van der Waals surface area contributed by atoms with Crippen LogP contribution in [0.1, 0.15) is 25.5 Å². The number of nitrogens with zero attached hydrogens (tertiary/aromatic N) is 2. The second kappa shape index (κ2) is 5.49. The molecule has 1 heterocycles. The molecule has 1 aliphatic carbocycles. The first-order valence-corrected chi connectivity index (χ1v) is 7.06. The minimum Gasteiger partial charge on any atom is -0.493 e. The van der Waals surface area contributed by atoms with Crippen molar-refractivity contribution in [3.05, 3.63) is 36.0 Å². The highest BCUT2D eigenvalue weighted by molar-refractivity contribution is 5.83. The molecule has 1 saturated carbocycles. The highest BCUT2D eigenvalue weighted by Crippen LogP contribution is 2.30. The smallest absolute Gasteiger partial charge is 0.220 e. The summed E-state index contributed by atoms with van der Waals surface area (Å²) in [5.41, 5.74) is 7.60. The summed E-state index contributed by atoms with van der Waals surface area (Å²) in [7, 11) is 0. The zero-order valence-electron chi connectivity index (χ0n) is 11.7. The number of allylic oxidation sites excluding steroid dienone is 2. The largest absolute Gasteiger partial charge is 0.493 e. The van der Waals surface area contributed by atoms with Gasteiger partial charge in [-0.3, -0.25) is 0 Å². The first-order valence-electron chi connectivity index (χ1n) is 7.06. The predicted molar refractivity (Wildman–Crippen MR) is 80.7 cm³/mol. The van der Waals surface area contributed by atoms with Crippen LogP contribution in [0.15, 0.2) is 30.4 Å². The number of nitrogens with two attached hydrogens (primary N) is 1. The van der Waals surface area contributed by atoms with Gasteiger partial charge in [0.05, 0.1) is 17.8 Å². The van der Waals surface area contributed by atoms with Crippen LogP contribution in [-0.4, -0.2) is 16.6 Å². The quantitative estimate of drug-likeness (QED) is 0.847. The van der Waals surface area contributed by atoms with Crippen molar-refractivity contribution in [2.45, 2.75) is 26.2 Å². The van der Waals surface area contributed by atoms with Gasteiger partial charge in [0.2, 0.25) is 5.95 Å². The summed E-state index contributed by atoms with van der Waals surface area (Å²) in [6.45, 7) is 2.80. The van der Waals surface area contributed by atoms with E-state index in [2.05, 4.69) is 16.0 Å². The van der Waals surface area contributed by atoms with Crippen molar-refractivity contribution < 1.29 is 4.74 Å². The topological polar surface area (TPSA) is 61.0 Å². The average Bonchev–Trinajstić information content (AvgIpc) is 3.26. The van der Waals surface area contributed by atoms with E-state index < -0.39 is 0 Å². The van der Waals surface area contributed by atoms with Gasteiger partial charge >= 0.3 is 0 Å². The summed E-state index contributed by atoms with van der Waals surface area (Å²) in [6.07, 6.45) is 7.42. The van der Waals surface area contributed by atoms with Crippen LogP contribution in [0.3, 0.4) is 0 Å². The number of rotatable bonds is 5. The highest BCUT2D eigenvalue weighted by Gasteiger charge is 2.21. The van der Waals surface area contributed by atoms with Crippen molar-refractivity contribution in [3.8, 4) is 5.75 Å². The third-order valence-electron chi connectivity index (χ3n) is 3.49. The van der Waals surface area contributed by atoms with E-state index in [-0.39, 0.29) is 0 Å². The van der Waals surface area contributed by atoms with Crippen LogP contribution in [0.2, 0.25) is 0 Å². The number of nitrogen functional groups attached to an aromatic ring is 1. The zero-order chi connectivity index (χ0) is 13.9. The van der Waals surface area contributed by atoms with Crippen LogP contribution in [0.5, 0.6) is 5.75 Å². The molecule has 0 saturated heterocycles. The maximum absolute atomic E-state index is 5.79. The molecule has 2 N–H and O–H groups in total. The number of fused-ring (bicyclic) bond motifs is 1. The molecule has 1 aliphatic rings. The highest BCUT2D eigenvalue weighted by atomic mass is 16.5. The van der Waals surface area contributed by atoms with E-state index in [1.807, 2.05) is 31.2 Å². The molecule has 4 heteroatoms. The number of benzene rings is 1. The Hall–Kier alpha value is -2.10. The fraction of sp³-hybridized carbons (Fsp3) is 0.375. The van der Waals surface area contributed by atoms with E-state index in [9.17, 15) is 0 Å². The third-order valence-corrected chi connectivity index (χ3v) is 3.49. The minimum atomic E-state index is 0.316. The standard InChI is InChI=1S/C16H19N3O/c1-2-3-4-14-13-8-7-12(20-10-11-5-6-11)9-15(13)19-16(17)18-14/h2-3,7-9,11H,4-6,10H2,1H3,(H2,17,18,19). The number of anilines is 1. The minimum absolute atomic E-state index is 0.316. The van der Waals surface area contributed by atoms with Gasteiger partial charge in [0.1, 0.15) is 5.75 Å². The van der Waals surface area contributed by atoms with Crippen LogP contribution in [-0.2, 0) is 6.42 Å². The molecule has 1 fully saturated rings. The first kappa shape index (κ1) is 12.9. The number of hydrogen-bond donors (Lipinski definition) is 1. The van der Waals surface area contributed by atoms with Crippen molar-refractivity contribution in [2.24, 2.45) is 5.92 Å². The molecule has 4 nitrogen and oxygen atoms in total. The van der Waals surface area contributed by atoms with Crippen LogP contribution in [0, 0.1) is 5.92 Å². The Morgan fingerprint density at radius 2 is 2.20 bits per heavy atom. The van der Waals surface area contributed by atoms with E-state index >= 15 is 0 Å². The monoisotopic (exact) mass is 269 g/mol. The number of hydrogen-bond acceptors (Lipinski definition) is 4. The third kappa shape index (κ3) is 2.90. The Labute approximate surface area is 118 Å². The van der Waals surface area contributed by atoms with Gasteiger partial charge < -0.3 is 10.5 Å². The van der Waals surface area contributed by atoms with Crippen molar-refractivity contribution in [3.63, 3.8) is 0 Å². The Kier molecular flexibility index (Phi) is 3.54. The van der Waals surface area contributed by atoms with Gasteiger partial charge in [0, 0.05) is 17.9 Å². The molecule has 0 bridgehead atoms. The Balaban J connectivity index is 1.91. The van der Waals surface area contributed by atoms with Gasteiger partial charge in [-0.15, -0.1) is 0 Å². The van der Waals surface area contributed by atoms with Gasteiger partial charge in [0.15, 0.2) is 0 Å². The second-order valence-corrected chi connectivity index (χ2v) is 5.23. The van der Waals surface area contributed by atoms with Gasteiger partial charge in [-0.2, -0.15) is 0 Å². The molecular formula is C16H19N3O. The molecule has 1 aromatic heterocycles. The molecule has 2 aromatic rings. The van der Waals surface area contributed by atoms with Crippen molar-refractivity contribution in [2.75, 3.05) is 12.3 Å². The number of ether oxygens (including phenoxy) is 1. The lowest BCUT2D eigenvalue weighted by Crippen LogP contribution is -2.02. The summed E-state index contributed by atoms with van der Waals surface area (Å²) in [5, 5.41) is 1.04. The van der Waals surface area contributed by atoms with Crippen LogP contribution in [0.4, 0.5) is 5.95 Å². The molecule has 0 spiro atoms. The van der Waals surface area contributed by atoms with Gasteiger partial charge in [-0.25, -0.2) is 9.97 Å². The van der Waals surface area contributed by atoms with E-state index in [0.29, 0.717) is 5.95 Å². The first-order chi connectivity index (χ1) is 9.76. The molecule has 1 aromatic carbocycles. The Morgan fingerprint density at radius 3 is 2.95 bits per heavy atom. The van der Waals surface area contributed by atoms with Crippen LogP contribution >= 0.6 is 0 Å². The fourth-order valence-corrected chi connectivity index (χ4v) is 2.17. The normalized spacial score (nSPS) is 15.1. The molecule has 0 radical (unpaired) electrons. The van der Waals surface area contributed by atoms with Gasteiger partial charge in [0.25, 0.3) is 0 Å². The van der Waals surface area contributed by atoms with Gasteiger partial charge in [-0.05, 0) is 37.8 Å². The van der Waals surface area contributed by atoms with E-state index in [1.165, 1.54) is 12.8 Å². The summed E-state index contributed by atoms with van der Waals surface area (Å²) in [6, 6.07) is 5.97. The summed E-state index contributed by atoms with van der Waals surface area (Å²) >= 11 is 0.